The Morgan fingerprint density at radius 2 is 2.15 bits per heavy atom. The maximum atomic E-state index is 12.9. The SMILES string of the molecule is [C-]#[N+]CC(=O)c1cc(F)ccc1F. The summed E-state index contributed by atoms with van der Waals surface area (Å²) in [6, 6.07) is 2.58. The Balaban J connectivity index is 3.07. The molecule has 0 spiro atoms. The molecule has 0 radical (unpaired) electrons. The zero-order valence-corrected chi connectivity index (χ0v) is 6.55. The molecule has 0 amide bonds. The molecule has 1 aromatic rings. The fraction of sp³-hybridized carbons (Fsp3) is 0.111. The standard InChI is InChI=1S/C9H5F2NO/c1-12-5-9(13)7-4-6(10)2-3-8(7)11/h2-4H,5H2. The molecule has 13 heavy (non-hydrogen) atoms. The number of halogens is 2. The van der Waals surface area contributed by atoms with Crippen LogP contribution in [0.4, 0.5) is 8.78 Å². The van der Waals surface area contributed by atoms with Crippen molar-refractivity contribution in [3.05, 3.63) is 46.8 Å². The van der Waals surface area contributed by atoms with E-state index in [-0.39, 0.29) is 5.56 Å². The van der Waals surface area contributed by atoms with E-state index in [1.165, 1.54) is 0 Å². The molecule has 1 aromatic carbocycles. The first-order valence-corrected chi connectivity index (χ1v) is 3.46. The van der Waals surface area contributed by atoms with E-state index in [2.05, 4.69) is 4.85 Å². The molecule has 2 nitrogen and oxygen atoms in total. The van der Waals surface area contributed by atoms with E-state index in [0.29, 0.717) is 0 Å². The van der Waals surface area contributed by atoms with Crippen molar-refractivity contribution < 1.29 is 13.6 Å². The number of ketones is 1. The Morgan fingerprint density at radius 1 is 1.46 bits per heavy atom. The lowest BCUT2D eigenvalue weighted by molar-refractivity contribution is 0.101. The van der Waals surface area contributed by atoms with Crippen LogP contribution in [-0.2, 0) is 0 Å². The summed E-state index contributed by atoms with van der Waals surface area (Å²) in [4.78, 5) is 13.8. The summed E-state index contributed by atoms with van der Waals surface area (Å²) in [5.41, 5.74) is -0.365. The molecule has 0 atom stereocenters. The minimum Gasteiger partial charge on any atom is -0.308 e. The molecule has 0 heterocycles. The molecular formula is C9H5F2NO. The van der Waals surface area contributed by atoms with Crippen LogP contribution in [0.5, 0.6) is 0 Å². The number of hydrogen-bond donors (Lipinski definition) is 0. The summed E-state index contributed by atoms with van der Waals surface area (Å²) < 4.78 is 25.4. The first-order chi connectivity index (χ1) is 6.15. The molecule has 0 unspecified atom stereocenters. The van der Waals surface area contributed by atoms with Gasteiger partial charge in [-0.3, -0.25) is 4.79 Å². The average Bonchev–Trinajstić information content (AvgIpc) is 2.09. The molecule has 0 fully saturated rings. The molecule has 0 saturated carbocycles. The van der Waals surface area contributed by atoms with Crippen LogP contribution in [0.2, 0.25) is 0 Å². The van der Waals surface area contributed by atoms with E-state index in [1.54, 1.807) is 0 Å². The lowest BCUT2D eigenvalue weighted by Crippen LogP contribution is -2.05. The molecule has 0 aliphatic heterocycles. The van der Waals surface area contributed by atoms with Crippen molar-refractivity contribution in [2.24, 2.45) is 0 Å². The number of benzene rings is 1. The van der Waals surface area contributed by atoms with Crippen molar-refractivity contribution in [2.75, 3.05) is 6.54 Å². The third-order valence-corrected chi connectivity index (χ3v) is 1.45. The second-order valence-electron chi connectivity index (χ2n) is 2.36. The Morgan fingerprint density at radius 3 is 2.77 bits per heavy atom. The minimum absolute atomic E-state index is 0.365. The minimum atomic E-state index is -0.796. The highest BCUT2D eigenvalue weighted by molar-refractivity contribution is 5.98. The van der Waals surface area contributed by atoms with E-state index in [4.69, 9.17) is 6.57 Å². The predicted molar refractivity (Wildman–Crippen MR) is 42.2 cm³/mol. The van der Waals surface area contributed by atoms with Crippen molar-refractivity contribution in [2.45, 2.75) is 0 Å². The molecule has 0 N–H and O–H groups in total. The van der Waals surface area contributed by atoms with Crippen molar-refractivity contribution in [1.29, 1.82) is 0 Å². The predicted octanol–water partition coefficient (Wildman–Crippen LogP) is 2.07. The van der Waals surface area contributed by atoms with Crippen LogP contribution in [0, 0.1) is 18.2 Å². The Labute approximate surface area is 73.6 Å². The summed E-state index contributed by atoms with van der Waals surface area (Å²) in [5, 5.41) is 0. The molecule has 0 aliphatic rings. The molecule has 0 bridgehead atoms. The normalized spacial score (nSPS) is 9.31. The first-order valence-electron chi connectivity index (χ1n) is 3.46. The lowest BCUT2D eigenvalue weighted by Gasteiger charge is -1.96. The summed E-state index contributed by atoms with van der Waals surface area (Å²) in [6.45, 7) is 5.94. The van der Waals surface area contributed by atoms with Gasteiger partial charge in [0.2, 0.25) is 5.78 Å². The van der Waals surface area contributed by atoms with Crippen LogP contribution in [0.15, 0.2) is 18.2 Å². The van der Waals surface area contributed by atoms with Gasteiger partial charge in [0.25, 0.3) is 6.54 Å². The third kappa shape index (κ3) is 2.09. The third-order valence-electron chi connectivity index (χ3n) is 1.45. The van der Waals surface area contributed by atoms with Crippen LogP contribution in [0.25, 0.3) is 4.85 Å². The Kier molecular flexibility index (Phi) is 2.70. The van der Waals surface area contributed by atoms with E-state index in [1.807, 2.05) is 0 Å². The van der Waals surface area contributed by atoms with Gasteiger partial charge in [-0.05, 0) is 18.2 Å². The molecular weight excluding hydrogens is 176 g/mol. The highest BCUT2D eigenvalue weighted by Crippen LogP contribution is 2.10. The molecule has 66 valence electrons. The smallest absolute Gasteiger partial charge is 0.276 e. The van der Waals surface area contributed by atoms with Crippen LogP contribution in [-0.4, -0.2) is 12.3 Å². The van der Waals surface area contributed by atoms with Gasteiger partial charge in [0.15, 0.2) is 0 Å². The monoisotopic (exact) mass is 181 g/mol. The topological polar surface area (TPSA) is 21.4 Å². The van der Waals surface area contributed by atoms with E-state index >= 15 is 0 Å². The number of Topliss-reactive ketones (excluding diaryl/α,β-unsaturated/α-hetero) is 1. The average molecular weight is 181 g/mol. The Bertz CT molecular complexity index is 382. The fourth-order valence-corrected chi connectivity index (χ4v) is 0.868. The zero-order valence-electron chi connectivity index (χ0n) is 6.55. The van der Waals surface area contributed by atoms with Crippen LogP contribution >= 0.6 is 0 Å². The highest BCUT2D eigenvalue weighted by Gasteiger charge is 2.14. The van der Waals surface area contributed by atoms with E-state index in [0.717, 1.165) is 18.2 Å². The van der Waals surface area contributed by atoms with Gasteiger partial charge in [-0.25, -0.2) is 15.4 Å². The van der Waals surface area contributed by atoms with Gasteiger partial charge in [0, 0.05) is 0 Å². The van der Waals surface area contributed by atoms with Gasteiger partial charge >= 0.3 is 0 Å². The van der Waals surface area contributed by atoms with Gasteiger partial charge in [0.1, 0.15) is 11.6 Å². The van der Waals surface area contributed by atoms with E-state index < -0.39 is 24.0 Å². The second kappa shape index (κ2) is 3.76. The van der Waals surface area contributed by atoms with E-state index in [9.17, 15) is 13.6 Å². The first kappa shape index (κ1) is 9.33. The lowest BCUT2D eigenvalue weighted by atomic mass is 10.1. The van der Waals surface area contributed by atoms with Crippen LogP contribution in [0.3, 0.4) is 0 Å². The number of nitrogens with zero attached hydrogens (tertiary/aromatic N) is 1. The van der Waals surface area contributed by atoms with Crippen LogP contribution in [0.1, 0.15) is 10.4 Å². The highest BCUT2D eigenvalue weighted by atomic mass is 19.1. The molecule has 0 aliphatic carbocycles. The van der Waals surface area contributed by atoms with Gasteiger partial charge in [-0.1, -0.05) is 0 Å². The van der Waals surface area contributed by atoms with Crippen molar-refractivity contribution in [3.8, 4) is 0 Å². The molecule has 1 rings (SSSR count). The maximum absolute atomic E-state index is 12.9. The van der Waals surface area contributed by atoms with Crippen molar-refractivity contribution in [3.63, 3.8) is 0 Å². The maximum Gasteiger partial charge on any atom is 0.276 e. The van der Waals surface area contributed by atoms with Gasteiger partial charge in [-0.2, -0.15) is 0 Å². The number of rotatable bonds is 2. The largest absolute Gasteiger partial charge is 0.308 e. The van der Waals surface area contributed by atoms with Gasteiger partial charge in [0.05, 0.1) is 5.56 Å². The Hall–Kier alpha value is -1.76. The van der Waals surface area contributed by atoms with Gasteiger partial charge in [-0.15, -0.1) is 0 Å². The number of carbonyl (C=O) groups excluding carboxylic acids is 1. The van der Waals surface area contributed by atoms with Crippen molar-refractivity contribution >= 4 is 5.78 Å². The fourth-order valence-electron chi connectivity index (χ4n) is 0.868. The molecule has 0 aromatic heterocycles. The zero-order chi connectivity index (χ0) is 9.84. The second-order valence-corrected chi connectivity index (χ2v) is 2.36. The number of hydrogen-bond acceptors (Lipinski definition) is 1. The summed E-state index contributed by atoms with van der Waals surface area (Å²) in [7, 11) is 0. The summed E-state index contributed by atoms with van der Waals surface area (Å²) in [6.07, 6.45) is 0. The molecule has 4 heteroatoms. The van der Waals surface area contributed by atoms with Gasteiger partial charge < -0.3 is 4.85 Å². The number of carbonyl (C=O) groups is 1. The summed E-state index contributed by atoms with van der Waals surface area (Å²) >= 11 is 0. The quantitative estimate of drug-likeness (QED) is 0.505. The van der Waals surface area contributed by atoms with Crippen LogP contribution < -0.4 is 0 Å². The van der Waals surface area contributed by atoms with Crippen molar-refractivity contribution in [1.82, 2.24) is 0 Å². The summed E-state index contributed by atoms with van der Waals surface area (Å²) in [5.74, 6) is -2.18. The molecule has 0 saturated heterocycles.